The van der Waals surface area contributed by atoms with Crippen LogP contribution in [0.3, 0.4) is 0 Å². The molecule has 9 heteroatoms. The molecule has 0 aromatic heterocycles. The van der Waals surface area contributed by atoms with Crippen molar-refractivity contribution in [2.24, 2.45) is 10.4 Å². The SMILES string of the molecule is C1CCC(NC2CCCCC2)CC1.CC(=N[C@H](CCCCNC(=O)OC(C)(C)C)C(=O)O)C1=C(O)CC(C)(C)CC1=O. The predicted molar refractivity (Wildman–Crippen MR) is 167 cm³/mol. The van der Waals surface area contributed by atoms with Gasteiger partial charge in [-0.3, -0.25) is 9.79 Å². The van der Waals surface area contributed by atoms with E-state index in [2.05, 4.69) is 15.6 Å². The number of ether oxygens (including phenoxy) is 1. The molecular formula is C33H57N3O6. The zero-order chi connectivity index (χ0) is 31.3. The Kier molecular flexibility index (Phi) is 14.5. The number of amides is 1. The Labute approximate surface area is 253 Å². The Hall–Kier alpha value is -2.42. The van der Waals surface area contributed by atoms with Crippen LogP contribution in [0.2, 0.25) is 0 Å². The van der Waals surface area contributed by atoms with Gasteiger partial charge in [0.05, 0.1) is 5.57 Å². The summed E-state index contributed by atoms with van der Waals surface area (Å²) in [6.45, 7) is 11.0. The summed E-state index contributed by atoms with van der Waals surface area (Å²) in [6.07, 6.45) is 16.0. The van der Waals surface area contributed by atoms with Crippen molar-refractivity contribution in [2.75, 3.05) is 6.54 Å². The summed E-state index contributed by atoms with van der Waals surface area (Å²) in [4.78, 5) is 39.7. The summed E-state index contributed by atoms with van der Waals surface area (Å²) in [5.41, 5.74) is -0.501. The third kappa shape index (κ3) is 13.7. The number of aliphatic imine (C=N–C) groups is 1. The normalized spacial score (nSPS) is 21.3. The number of hydrogen-bond donors (Lipinski definition) is 4. The smallest absolute Gasteiger partial charge is 0.407 e. The highest BCUT2D eigenvalue weighted by molar-refractivity contribution is 6.22. The van der Waals surface area contributed by atoms with Gasteiger partial charge in [-0.25, -0.2) is 9.59 Å². The van der Waals surface area contributed by atoms with Crippen LogP contribution in [0, 0.1) is 5.41 Å². The van der Waals surface area contributed by atoms with Gasteiger partial charge < -0.3 is 25.6 Å². The Bertz CT molecular complexity index is 937. The lowest BCUT2D eigenvalue weighted by atomic mass is 9.75. The van der Waals surface area contributed by atoms with Gasteiger partial charge in [-0.1, -0.05) is 52.4 Å². The largest absolute Gasteiger partial charge is 0.511 e. The zero-order valence-corrected chi connectivity index (χ0v) is 27.0. The number of carboxylic acids is 1. The van der Waals surface area contributed by atoms with E-state index in [4.69, 9.17) is 4.74 Å². The molecule has 0 unspecified atom stereocenters. The van der Waals surface area contributed by atoms with Crippen molar-refractivity contribution in [3.05, 3.63) is 11.3 Å². The van der Waals surface area contributed by atoms with E-state index < -0.39 is 23.7 Å². The Morgan fingerprint density at radius 2 is 1.52 bits per heavy atom. The number of aliphatic hydroxyl groups is 1. The average Bonchev–Trinajstić information content (AvgIpc) is 2.87. The highest BCUT2D eigenvalue weighted by Crippen LogP contribution is 2.36. The van der Waals surface area contributed by atoms with Crippen molar-refractivity contribution in [3.63, 3.8) is 0 Å². The maximum absolute atomic E-state index is 12.4. The molecule has 3 aliphatic rings. The number of rotatable bonds is 10. The third-order valence-corrected chi connectivity index (χ3v) is 8.10. The first kappa shape index (κ1) is 35.8. The van der Waals surface area contributed by atoms with Gasteiger partial charge in [0.15, 0.2) is 5.78 Å². The van der Waals surface area contributed by atoms with Crippen LogP contribution in [-0.2, 0) is 14.3 Å². The predicted octanol–water partition coefficient (Wildman–Crippen LogP) is 7.04. The molecule has 42 heavy (non-hydrogen) atoms. The van der Waals surface area contributed by atoms with Gasteiger partial charge in [0.1, 0.15) is 17.4 Å². The monoisotopic (exact) mass is 591 g/mol. The number of aliphatic hydroxyl groups excluding tert-OH is 1. The highest BCUT2D eigenvalue weighted by atomic mass is 16.6. The number of carboxylic acid groups (broad SMARTS) is 1. The Balaban J connectivity index is 0.000000389. The fraction of sp³-hybridized carbons (Fsp3) is 0.818. The molecule has 0 heterocycles. The summed E-state index contributed by atoms with van der Waals surface area (Å²) < 4.78 is 5.13. The van der Waals surface area contributed by atoms with E-state index >= 15 is 0 Å². The molecular weight excluding hydrogens is 534 g/mol. The number of aliphatic carboxylic acids is 1. The van der Waals surface area contributed by atoms with E-state index in [-0.39, 0.29) is 41.1 Å². The molecule has 4 N–H and O–H groups in total. The number of allylic oxidation sites excluding steroid dienone is 2. The summed E-state index contributed by atoms with van der Waals surface area (Å²) in [5.74, 6) is -1.34. The van der Waals surface area contributed by atoms with E-state index in [9.17, 15) is 24.6 Å². The fourth-order valence-electron chi connectivity index (χ4n) is 6.08. The molecule has 0 aliphatic heterocycles. The molecule has 1 amide bonds. The molecule has 0 radical (unpaired) electrons. The van der Waals surface area contributed by atoms with Crippen molar-refractivity contribution >= 4 is 23.6 Å². The maximum Gasteiger partial charge on any atom is 0.407 e. The van der Waals surface area contributed by atoms with Gasteiger partial charge in [-0.2, -0.15) is 0 Å². The van der Waals surface area contributed by atoms with Crippen LogP contribution in [0.15, 0.2) is 16.3 Å². The molecule has 9 nitrogen and oxygen atoms in total. The van der Waals surface area contributed by atoms with E-state index in [1.54, 1.807) is 27.7 Å². The summed E-state index contributed by atoms with van der Waals surface area (Å²) in [6, 6.07) is 0.730. The minimum atomic E-state index is -1.09. The number of carbonyl (C=O) groups is 3. The van der Waals surface area contributed by atoms with Crippen LogP contribution < -0.4 is 10.6 Å². The van der Waals surface area contributed by atoms with E-state index in [0.29, 0.717) is 25.8 Å². The van der Waals surface area contributed by atoms with Gasteiger partial charge in [0, 0.05) is 37.2 Å². The fourth-order valence-corrected chi connectivity index (χ4v) is 6.08. The quantitative estimate of drug-likeness (QED) is 0.158. The standard InChI is InChI=1S/C21H34N2O6.C12H23N/c1-13(17-15(24)11-21(5,6)12-16(17)25)23-14(18(26)27)9-7-8-10-22-19(28)29-20(2,3)4;1-3-7-11(8-4-1)13-12-9-5-2-6-10-12/h14,24H,7-12H2,1-6H3,(H,22,28)(H,26,27);11-13H,1-10H2/t14-;/m1./s1. The topological polar surface area (TPSA) is 137 Å². The molecule has 1 atom stereocenters. The van der Waals surface area contributed by atoms with Crippen LogP contribution in [0.4, 0.5) is 4.79 Å². The van der Waals surface area contributed by atoms with Crippen molar-refractivity contribution in [3.8, 4) is 0 Å². The van der Waals surface area contributed by atoms with Crippen molar-refractivity contribution in [2.45, 2.75) is 162 Å². The maximum atomic E-state index is 12.4. The van der Waals surface area contributed by atoms with Crippen molar-refractivity contribution < 1.29 is 29.3 Å². The van der Waals surface area contributed by atoms with E-state index in [1.165, 1.54) is 64.2 Å². The first-order valence-corrected chi connectivity index (χ1v) is 16.1. The summed E-state index contributed by atoms with van der Waals surface area (Å²) in [7, 11) is 0. The second-order valence-electron chi connectivity index (χ2n) is 14.1. The number of Topliss-reactive ketones (excluding diaryl/α,β-unsaturated/α-hetero) is 1. The number of ketones is 1. The molecule has 0 saturated heterocycles. The van der Waals surface area contributed by atoms with Gasteiger partial charge in [0.2, 0.25) is 0 Å². The van der Waals surface area contributed by atoms with Crippen LogP contribution in [-0.4, -0.2) is 64.0 Å². The van der Waals surface area contributed by atoms with Gasteiger partial charge in [-0.15, -0.1) is 0 Å². The zero-order valence-electron chi connectivity index (χ0n) is 27.0. The molecule has 0 aromatic rings. The number of nitrogens with one attached hydrogen (secondary N) is 2. The van der Waals surface area contributed by atoms with Gasteiger partial charge in [0.25, 0.3) is 0 Å². The minimum absolute atomic E-state index is 0.0294. The van der Waals surface area contributed by atoms with Crippen LogP contribution >= 0.6 is 0 Å². The lowest BCUT2D eigenvalue weighted by Gasteiger charge is -2.30. The molecule has 0 bridgehead atoms. The number of alkyl carbamates (subject to hydrolysis) is 1. The summed E-state index contributed by atoms with van der Waals surface area (Å²) in [5, 5.41) is 26.2. The molecule has 3 rings (SSSR count). The molecule has 240 valence electrons. The second-order valence-corrected chi connectivity index (χ2v) is 14.1. The van der Waals surface area contributed by atoms with Gasteiger partial charge in [-0.05, 0) is 78.1 Å². The molecule has 0 spiro atoms. The minimum Gasteiger partial charge on any atom is -0.511 e. The average molecular weight is 592 g/mol. The number of carbonyl (C=O) groups excluding carboxylic acids is 2. The van der Waals surface area contributed by atoms with Crippen LogP contribution in [0.1, 0.15) is 138 Å². The van der Waals surface area contributed by atoms with Gasteiger partial charge >= 0.3 is 12.1 Å². The van der Waals surface area contributed by atoms with Crippen LogP contribution in [0.25, 0.3) is 0 Å². The second kappa shape index (κ2) is 17.0. The van der Waals surface area contributed by atoms with E-state index in [1.807, 2.05) is 13.8 Å². The van der Waals surface area contributed by atoms with Crippen LogP contribution in [0.5, 0.6) is 0 Å². The Morgan fingerprint density at radius 3 is 2.00 bits per heavy atom. The third-order valence-electron chi connectivity index (χ3n) is 8.10. The van der Waals surface area contributed by atoms with Crippen molar-refractivity contribution in [1.29, 1.82) is 0 Å². The molecule has 2 saturated carbocycles. The lowest BCUT2D eigenvalue weighted by molar-refractivity contribution is -0.138. The number of nitrogens with zero attached hydrogens (tertiary/aromatic N) is 1. The first-order valence-electron chi connectivity index (χ1n) is 16.1. The van der Waals surface area contributed by atoms with Crippen molar-refractivity contribution in [1.82, 2.24) is 10.6 Å². The van der Waals surface area contributed by atoms with E-state index in [0.717, 1.165) is 12.1 Å². The number of hydrogen-bond acceptors (Lipinski definition) is 7. The Morgan fingerprint density at radius 1 is 0.976 bits per heavy atom. The first-order chi connectivity index (χ1) is 19.7. The molecule has 2 fully saturated rings. The molecule has 0 aromatic carbocycles. The number of unbranched alkanes of at least 4 members (excludes halogenated alkanes) is 1. The highest BCUT2D eigenvalue weighted by Gasteiger charge is 2.34. The summed E-state index contributed by atoms with van der Waals surface area (Å²) >= 11 is 0. The molecule has 3 aliphatic carbocycles. The lowest BCUT2D eigenvalue weighted by Crippen LogP contribution is -2.40.